The number of ether oxygens (including phenoxy) is 1. The lowest BCUT2D eigenvalue weighted by Gasteiger charge is -2.41. The topological polar surface area (TPSA) is 137 Å². The van der Waals surface area contributed by atoms with Crippen LogP contribution < -0.4 is 0 Å². The van der Waals surface area contributed by atoms with Gasteiger partial charge in [-0.25, -0.2) is 22.8 Å². The molecule has 4 rings (SSSR count). The highest BCUT2D eigenvalue weighted by Crippen LogP contribution is 2.38. The van der Waals surface area contributed by atoms with Crippen LogP contribution in [0.15, 0.2) is 41.6 Å². The molecule has 0 aliphatic carbocycles. The summed E-state index contributed by atoms with van der Waals surface area (Å²) in [5.41, 5.74) is -0.893. The largest absolute Gasteiger partial charge is 0.394 e. The van der Waals surface area contributed by atoms with Crippen LogP contribution in [0.3, 0.4) is 0 Å². The van der Waals surface area contributed by atoms with Crippen molar-refractivity contribution in [1.82, 2.24) is 20.0 Å². The van der Waals surface area contributed by atoms with Crippen molar-refractivity contribution < 1.29 is 33.2 Å². The molecule has 172 valence electrons. The summed E-state index contributed by atoms with van der Waals surface area (Å²) in [4.78, 5) is 4.50. The number of hydrogen-bond acceptors (Lipinski definition) is 9. The number of aromatic nitrogens is 4. The van der Waals surface area contributed by atoms with Crippen molar-refractivity contribution in [1.29, 1.82) is 5.26 Å². The third-order valence-corrected chi connectivity index (χ3v) is 6.18. The molecule has 0 bridgehead atoms. The molecule has 13 heteroatoms. The average Bonchev–Trinajstić information content (AvgIpc) is 3.29. The second kappa shape index (κ2) is 9.46. The molecule has 3 N–H and O–H groups in total. The Morgan fingerprint density at radius 1 is 1.15 bits per heavy atom. The molecule has 9 nitrogen and oxygen atoms in total. The summed E-state index contributed by atoms with van der Waals surface area (Å²) in [5.74, 6) is -4.43. The molecule has 1 saturated heterocycles. The molecule has 0 saturated carbocycles. The molecule has 3 aromatic rings. The summed E-state index contributed by atoms with van der Waals surface area (Å²) >= 11 is 1.05. The van der Waals surface area contributed by atoms with Crippen molar-refractivity contribution >= 4 is 11.8 Å². The SMILES string of the molecule is N#Cc1ccc(S[C@H]2OC(CO)[C@H](O)C(n3cc(-c4cc(F)c(F)c(F)c4)nn3)[C@@H]2O)cn1. The smallest absolute Gasteiger partial charge is 0.194 e. The monoisotopic (exact) mass is 479 g/mol. The Bertz CT molecular complexity index is 1170. The van der Waals surface area contributed by atoms with Gasteiger partial charge < -0.3 is 20.1 Å². The van der Waals surface area contributed by atoms with Gasteiger partial charge in [0.1, 0.15) is 47.2 Å². The van der Waals surface area contributed by atoms with Crippen molar-refractivity contribution in [3.63, 3.8) is 0 Å². The van der Waals surface area contributed by atoms with Crippen LogP contribution in [-0.4, -0.2) is 65.7 Å². The molecule has 1 fully saturated rings. The highest BCUT2D eigenvalue weighted by atomic mass is 32.2. The first-order valence-electron chi connectivity index (χ1n) is 9.54. The van der Waals surface area contributed by atoms with Gasteiger partial charge in [0.25, 0.3) is 0 Å². The number of thioether (sulfide) groups is 1. The molecule has 2 aromatic heterocycles. The summed E-state index contributed by atoms with van der Waals surface area (Å²) in [5, 5.41) is 47.7. The number of benzene rings is 1. The van der Waals surface area contributed by atoms with E-state index >= 15 is 0 Å². The van der Waals surface area contributed by atoms with Crippen molar-refractivity contribution in [3.05, 3.63) is 59.8 Å². The maximum absolute atomic E-state index is 13.6. The zero-order valence-electron chi connectivity index (χ0n) is 16.6. The van der Waals surface area contributed by atoms with Crippen LogP contribution in [0.4, 0.5) is 13.2 Å². The van der Waals surface area contributed by atoms with Gasteiger partial charge in [0, 0.05) is 16.7 Å². The Morgan fingerprint density at radius 3 is 2.48 bits per heavy atom. The fourth-order valence-corrected chi connectivity index (χ4v) is 4.41. The van der Waals surface area contributed by atoms with E-state index in [0.717, 1.165) is 28.6 Å². The number of nitriles is 1. The Labute approximate surface area is 189 Å². The van der Waals surface area contributed by atoms with Crippen LogP contribution in [0.1, 0.15) is 11.7 Å². The van der Waals surface area contributed by atoms with Crippen LogP contribution in [0.2, 0.25) is 0 Å². The highest BCUT2D eigenvalue weighted by Gasteiger charge is 2.46. The van der Waals surface area contributed by atoms with Gasteiger partial charge in [-0.2, -0.15) is 5.26 Å². The number of hydrogen-bond donors (Lipinski definition) is 3. The van der Waals surface area contributed by atoms with E-state index in [2.05, 4.69) is 15.3 Å². The molecular formula is C20H16F3N5O4S. The van der Waals surface area contributed by atoms with Gasteiger partial charge in [-0.3, -0.25) is 0 Å². The standard InChI is InChI=1S/C20H16F3N5O4S/c21-12-3-9(4-13(22)16(12)23)14-7-28(27-26-14)17-18(30)15(8-29)32-20(19(17)31)33-11-2-1-10(5-24)25-6-11/h1-4,6-7,15,17-20,29-31H,8H2/t15?,17?,18-,19-,20+/m0/s1. The Hall–Kier alpha value is -3.02. The lowest BCUT2D eigenvalue weighted by molar-refractivity contribution is -0.178. The Kier molecular flexibility index (Phi) is 6.63. The first-order valence-corrected chi connectivity index (χ1v) is 10.4. The van der Waals surface area contributed by atoms with E-state index in [1.165, 1.54) is 18.5 Å². The van der Waals surface area contributed by atoms with Gasteiger partial charge in [0.2, 0.25) is 0 Å². The Balaban J connectivity index is 1.62. The summed E-state index contributed by atoms with van der Waals surface area (Å²) in [6.45, 7) is -0.566. The fraction of sp³-hybridized carbons (Fsp3) is 0.300. The van der Waals surface area contributed by atoms with Crippen LogP contribution in [0, 0.1) is 28.8 Å². The minimum Gasteiger partial charge on any atom is -0.394 e. The zero-order chi connectivity index (χ0) is 23.7. The minimum atomic E-state index is -1.62. The molecule has 1 aliphatic heterocycles. The van der Waals surface area contributed by atoms with E-state index in [1.54, 1.807) is 6.07 Å². The van der Waals surface area contributed by atoms with E-state index in [-0.39, 0.29) is 17.0 Å². The first-order chi connectivity index (χ1) is 15.8. The predicted octanol–water partition coefficient (Wildman–Crippen LogP) is 1.40. The lowest BCUT2D eigenvalue weighted by Crippen LogP contribution is -2.55. The summed E-state index contributed by atoms with van der Waals surface area (Å²) in [7, 11) is 0. The van der Waals surface area contributed by atoms with Gasteiger partial charge in [-0.15, -0.1) is 5.10 Å². The second-order valence-electron chi connectivity index (χ2n) is 7.14. The maximum Gasteiger partial charge on any atom is 0.194 e. The first kappa shape index (κ1) is 23.1. The Morgan fingerprint density at radius 2 is 1.88 bits per heavy atom. The molecule has 0 radical (unpaired) electrons. The molecule has 33 heavy (non-hydrogen) atoms. The van der Waals surface area contributed by atoms with Crippen molar-refractivity contribution in [2.45, 2.75) is 34.7 Å². The third kappa shape index (κ3) is 4.56. The lowest BCUT2D eigenvalue weighted by atomic mass is 9.97. The second-order valence-corrected chi connectivity index (χ2v) is 8.32. The summed E-state index contributed by atoms with van der Waals surface area (Å²) < 4.78 is 47.2. The van der Waals surface area contributed by atoms with Crippen LogP contribution in [0.5, 0.6) is 0 Å². The number of aliphatic hydroxyl groups excluding tert-OH is 3. The van der Waals surface area contributed by atoms with E-state index in [0.29, 0.717) is 4.90 Å². The summed E-state index contributed by atoms with van der Waals surface area (Å²) in [6, 6.07) is 5.33. The van der Waals surface area contributed by atoms with Gasteiger partial charge in [0.15, 0.2) is 17.5 Å². The van der Waals surface area contributed by atoms with Gasteiger partial charge in [-0.1, -0.05) is 17.0 Å². The number of rotatable bonds is 5. The fourth-order valence-electron chi connectivity index (χ4n) is 3.39. The van der Waals surface area contributed by atoms with Crippen molar-refractivity contribution in [2.24, 2.45) is 0 Å². The summed E-state index contributed by atoms with van der Waals surface area (Å²) in [6.07, 6.45) is -1.21. The zero-order valence-corrected chi connectivity index (χ0v) is 17.4. The van der Waals surface area contributed by atoms with Crippen molar-refractivity contribution in [3.8, 4) is 17.3 Å². The minimum absolute atomic E-state index is 0.0280. The average molecular weight is 479 g/mol. The van der Waals surface area contributed by atoms with Crippen LogP contribution in [0.25, 0.3) is 11.3 Å². The number of aliphatic hydroxyl groups is 3. The number of halogens is 3. The molecule has 0 spiro atoms. The molecule has 1 aliphatic rings. The number of nitrogens with zero attached hydrogens (tertiary/aromatic N) is 5. The van der Waals surface area contributed by atoms with E-state index in [1.807, 2.05) is 6.07 Å². The molecule has 0 amide bonds. The van der Waals surface area contributed by atoms with Gasteiger partial charge in [0.05, 0.1) is 12.8 Å². The molecular weight excluding hydrogens is 463 g/mol. The van der Waals surface area contributed by atoms with E-state index in [9.17, 15) is 28.5 Å². The maximum atomic E-state index is 13.6. The normalized spacial score (nSPS) is 25.1. The van der Waals surface area contributed by atoms with Crippen molar-refractivity contribution in [2.75, 3.05) is 6.61 Å². The van der Waals surface area contributed by atoms with Gasteiger partial charge >= 0.3 is 0 Å². The van der Waals surface area contributed by atoms with Crippen LogP contribution >= 0.6 is 11.8 Å². The number of pyridine rings is 1. The highest BCUT2D eigenvalue weighted by molar-refractivity contribution is 7.99. The predicted molar refractivity (Wildman–Crippen MR) is 107 cm³/mol. The quantitative estimate of drug-likeness (QED) is 0.464. The van der Waals surface area contributed by atoms with E-state index in [4.69, 9.17) is 10.00 Å². The molecule has 3 heterocycles. The van der Waals surface area contributed by atoms with Crippen LogP contribution in [-0.2, 0) is 4.74 Å². The van der Waals surface area contributed by atoms with Gasteiger partial charge in [-0.05, 0) is 24.3 Å². The molecule has 2 unspecified atom stereocenters. The third-order valence-electron chi connectivity index (χ3n) is 5.05. The molecule has 1 aromatic carbocycles. The molecule has 5 atom stereocenters. The van der Waals surface area contributed by atoms with E-state index < -0.39 is 53.8 Å².